The highest BCUT2D eigenvalue weighted by Crippen LogP contribution is 2.28. The van der Waals surface area contributed by atoms with Gasteiger partial charge in [0.05, 0.1) is 20.8 Å². The summed E-state index contributed by atoms with van der Waals surface area (Å²) in [6, 6.07) is 14.7. The van der Waals surface area contributed by atoms with E-state index >= 15 is 0 Å². The second-order valence-corrected chi connectivity index (χ2v) is 9.25. The number of methoxy groups -OCH3 is 2. The van der Waals surface area contributed by atoms with Crippen molar-refractivity contribution in [3.05, 3.63) is 76.6 Å². The van der Waals surface area contributed by atoms with Crippen molar-refractivity contribution in [1.82, 2.24) is 25.3 Å². The first kappa shape index (κ1) is 25.7. The Bertz CT molecular complexity index is 1330. The Morgan fingerprint density at radius 3 is 2.30 bits per heavy atom. The van der Waals surface area contributed by atoms with E-state index in [0.29, 0.717) is 18.0 Å². The molecule has 10 heteroatoms. The van der Waals surface area contributed by atoms with Crippen LogP contribution in [-0.2, 0) is 24.4 Å². The largest absolute Gasteiger partial charge is 0.493 e. The molecule has 0 radical (unpaired) electrons. The number of ether oxygens (including phenoxy) is 2. The summed E-state index contributed by atoms with van der Waals surface area (Å²) in [6.45, 7) is 4.38. The van der Waals surface area contributed by atoms with E-state index in [1.165, 1.54) is 15.6 Å². The minimum atomic E-state index is -1.17. The second-order valence-electron chi connectivity index (χ2n) is 9.25. The fraction of sp³-hybridized carbons (Fsp3) is 0.333. The number of nitrogens with zero attached hydrogens (tertiary/aromatic N) is 3. The van der Waals surface area contributed by atoms with Crippen LogP contribution < -0.4 is 20.1 Å². The number of aryl methyl sites for hydroxylation is 1. The molecule has 0 fully saturated rings. The summed E-state index contributed by atoms with van der Waals surface area (Å²) in [7, 11) is 4.68. The van der Waals surface area contributed by atoms with Gasteiger partial charge < -0.3 is 25.0 Å². The van der Waals surface area contributed by atoms with Gasteiger partial charge in [-0.1, -0.05) is 35.9 Å². The molecule has 0 aliphatic carbocycles. The summed E-state index contributed by atoms with van der Waals surface area (Å²) in [5.74, 6) is 0.0288. The Labute approximate surface area is 215 Å². The van der Waals surface area contributed by atoms with Crippen molar-refractivity contribution in [1.29, 1.82) is 0 Å². The van der Waals surface area contributed by atoms with Crippen LogP contribution in [0.5, 0.6) is 11.5 Å². The van der Waals surface area contributed by atoms with Crippen molar-refractivity contribution < 1.29 is 23.9 Å². The van der Waals surface area contributed by atoms with E-state index in [2.05, 4.69) is 15.7 Å². The lowest BCUT2D eigenvalue weighted by molar-refractivity contribution is -0.132. The molecule has 0 bridgehead atoms. The lowest BCUT2D eigenvalue weighted by atomic mass is 9.95. The molecule has 0 saturated carbocycles. The third-order valence-corrected chi connectivity index (χ3v) is 6.70. The van der Waals surface area contributed by atoms with Crippen LogP contribution in [0.3, 0.4) is 0 Å². The maximum absolute atomic E-state index is 13.2. The number of carbonyl (C=O) groups excluding carboxylic acids is 3. The Morgan fingerprint density at radius 1 is 0.973 bits per heavy atom. The van der Waals surface area contributed by atoms with Crippen molar-refractivity contribution in [3.8, 4) is 11.5 Å². The van der Waals surface area contributed by atoms with Gasteiger partial charge in [-0.2, -0.15) is 5.10 Å². The minimum absolute atomic E-state index is 0.0986. The molecule has 1 aliphatic rings. The Kier molecular flexibility index (Phi) is 7.19. The van der Waals surface area contributed by atoms with Crippen LogP contribution in [0.1, 0.15) is 44.6 Å². The number of hydrogen-bond acceptors (Lipinski definition) is 6. The molecule has 3 aromatic rings. The number of amides is 3. The normalized spacial score (nSPS) is 16.7. The number of carbonyl (C=O) groups is 3. The molecule has 1 aromatic heterocycles. The lowest BCUT2D eigenvalue weighted by Crippen LogP contribution is -2.62. The van der Waals surface area contributed by atoms with Crippen molar-refractivity contribution in [3.63, 3.8) is 0 Å². The average Bonchev–Trinajstić information content (AvgIpc) is 3.33. The quantitative estimate of drug-likeness (QED) is 0.486. The molecule has 4 rings (SSSR count). The van der Waals surface area contributed by atoms with E-state index in [1.54, 1.807) is 40.3 Å². The van der Waals surface area contributed by atoms with Gasteiger partial charge >= 0.3 is 0 Å². The molecule has 0 saturated heterocycles. The van der Waals surface area contributed by atoms with Gasteiger partial charge in [-0.15, -0.1) is 0 Å². The number of benzene rings is 2. The van der Waals surface area contributed by atoms with Crippen molar-refractivity contribution in [2.24, 2.45) is 0 Å². The van der Waals surface area contributed by atoms with E-state index in [4.69, 9.17) is 9.47 Å². The predicted octanol–water partition coefficient (Wildman–Crippen LogP) is 2.30. The highest BCUT2D eigenvalue weighted by Gasteiger charge is 2.46. The van der Waals surface area contributed by atoms with Gasteiger partial charge in [0.1, 0.15) is 11.2 Å². The smallest absolute Gasteiger partial charge is 0.272 e. The third kappa shape index (κ3) is 5.13. The van der Waals surface area contributed by atoms with Crippen LogP contribution in [0.4, 0.5) is 0 Å². The van der Waals surface area contributed by atoms with Crippen LogP contribution in [-0.4, -0.2) is 59.2 Å². The standard InChI is InChI=1S/C27H31N5O5/c1-17-6-8-18(9-7-17)14-29-26(35)27(2)16-32-21(25(34)31(27)3)13-20(30-32)24(33)28-15-19-10-11-22(36-4)23(12-19)37-5/h6-13H,14-16H2,1-5H3,(H,28,33)(H,29,35)/t27-/m0/s1. The summed E-state index contributed by atoms with van der Waals surface area (Å²) >= 11 is 0. The van der Waals surface area contributed by atoms with Gasteiger partial charge in [-0.25, -0.2) is 0 Å². The summed E-state index contributed by atoms with van der Waals surface area (Å²) in [4.78, 5) is 40.5. The number of nitrogens with one attached hydrogen (secondary N) is 2. The minimum Gasteiger partial charge on any atom is -0.493 e. The average molecular weight is 506 g/mol. The molecule has 194 valence electrons. The van der Waals surface area contributed by atoms with Crippen molar-refractivity contribution >= 4 is 17.7 Å². The zero-order valence-electron chi connectivity index (χ0n) is 21.6. The summed E-state index contributed by atoms with van der Waals surface area (Å²) in [6.07, 6.45) is 0. The van der Waals surface area contributed by atoms with Crippen LogP contribution in [0.2, 0.25) is 0 Å². The summed E-state index contributed by atoms with van der Waals surface area (Å²) in [5.41, 5.74) is 2.08. The van der Waals surface area contributed by atoms with Gasteiger partial charge in [0.15, 0.2) is 17.2 Å². The summed E-state index contributed by atoms with van der Waals surface area (Å²) < 4.78 is 12.0. The molecule has 2 N–H and O–H groups in total. The molecule has 37 heavy (non-hydrogen) atoms. The lowest BCUT2D eigenvalue weighted by Gasteiger charge is -2.40. The van der Waals surface area contributed by atoms with E-state index in [0.717, 1.165) is 16.7 Å². The third-order valence-electron chi connectivity index (χ3n) is 6.70. The molecule has 2 aromatic carbocycles. The summed E-state index contributed by atoms with van der Waals surface area (Å²) in [5, 5.41) is 10.1. The number of hydrogen-bond donors (Lipinski definition) is 2. The first-order chi connectivity index (χ1) is 17.7. The molecule has 3 amide bonds. The van der Waals surface area contributed by atoms with Crippen LogP contribution in [0.15, 0.2) is 48.5 Å². The van der Waals surface area contributed by atoms with E-state index in [1.807, 2.05) is 37.3 Å². The van der Waals surface area contributed by atoms with E-state index < -0.39 is 11.4 Å². The molecule has 0 spiro atoms. The van der Waals surface area contributed by atoms with E-state index in [9.17, 15) is 14.4 Å². The second kappa shape index (κ2) is 10.3. The molecule has 1 atom stereocenters. The highest BCUT2D eigenvalue weighted by atomic mass is 16.5. The maximum atomic E-state index is 13.2. The van der Waals surface area contributed by atoms with Crippen LogP contribution in [0, 0.1) is 6.92 Å². The zero-order chi connectivity index (χ0) is 26.7. The van der Waals surface area contributed by atoms with Gasteiger partial charge in [0.2, 0.25) is 5.91 Å². The molecular weight excluding hydrogens is 474 g/mol. The van der Waals surface area contributed by atoms with Gasteiger partial charge in [-0.05, 0) is 37.1 Å². The maximum Gasteiger partial charge on any atom is 0.272 e. The fourth-order valence-electron chi connectivity index (χ4n) is 4.18. The number of aromatic nitrogens is 2. The van der Waals surface area contributed by atoms with Crippen molar-refractivity contribution in [2.45, 2.75) is 39.0 Å². The fourth-order valence-corrected chi connectivity index (χ4v) is 4.18. The monoisotopic (exact) mass is 505 g/mol. The van der Waals surface area contributed by atoms with Gasteiger partial charge in [-0.3, -0.25) is 19.1 Å². The first-order valence-corrected chi connectivity index (χ1v) is 11.8. The number of rotatable bonds is 8. The topological polar surface area (TPSA) is 115 Å². The van der Waals surface area contributed by atoms with Gasteiger partial charge in [0, 0.05) is 26.2 Å². The van der Waals surface area contributed by atoms with Gasteiger partial charge in [0.25, 0.3) is 11.8 Å². The van der Waals surface area contributed by atoms with Crippen LogP contribution >= 0.6 is 0 Å². The SMILES string of the molecule is COc1ccc(CNC(=O)c2cc3n(n2)C[C@@](C)(C(=O)NCc2ccc(C)cc2)N(C)C3=O)cc1OC. The van der Waals surface area contributed by atoms with Crippen molar-refractivity contribution in [2.75, 3.05) is 21.3 Å². The zero-order valence-corrected chi connectivity index (χ0v) is 21.6. The Morgan fingerprint density at radius 2 is 1.62 bits per heavy atom. The van der Waals surface area contributed by atoms with Crippen LogP contribution in [0.25, 0.3) is 0 Å². The number of likely N-dealkylation sites (N-methyl/N-ethyl adjacent to an activating group) is 1. The first-order valence-electron chi connectivity index (χ1n) is 11.8. The Hall–Kier alpha value is -4.34. The molecule has 10 nitrogen and oxygen atoms in total. The Balaban J connectivity index is 1.45. The van der Waals surface area contributed by atoms with E-state index in [-0.39, 0.29) is 36.3 Å². The predicted molar refractivity (Wildman–Crippen MR) is 136 cm³/mol. The molecule has 1 aliphatic heterocycles. The molecular formula is C27H31N5O5. The molecule has 0 unspecified atom stereocenters. The highest BCUT2D eigenvalue weighted by molar-refractivity contribution is 6.01. The molecule has 2 heterocycles. The number of fused-ring (bicyclic) bond motifs is 1.